The van der Waals surface area contributed by atoms with Crippen LogP contribution >= 0.6 is 0 Å². The topological polar surface area (TPSA) is 128 Å². The quantitative estimate of drug-likeness (QED) is 0.397. The molecule has 0 spiro atoms. The Hall–Kier alpha value is -2.65. The molecule has 2 aliphatic carbocycles. The first-order chi connectivity index (χ1) is 15.8. The molecule has 0 saturated heterocycles. The lowest BCUT2D eigenvalue weighted by molar-refractivity contribution is -0.115. The highest BCUT2D eigenvalue weighted by molar-refractivity contribution is 5.89. The normalized spacial score (nSPS) is 23.0. The number of alkyl carbamates (subject to hydrolysis) is 1. The minimum absolute atomic E-state index is 0. The van der Waals surface area contributed by atoms with Gasteiger partial charge in [-0.3, -0.25) is 0 Å². The Bertz CT molecular complexity index is 736. The molecule has 1 N–H and O–H groups in total. The third-order valence-corrected chi connectivity index (χ3v) is 4.98. The van der Waals surface area contributed by atoms with Gasteiger partial charge in [-0.1, -0.05) is 7.43 Å². The molecule has 0 radical (unpaired) electrons. The van der Waals surface area contributed by atoms with E-state index in [-0.39, 0.29) is 31.3 Å². The highest BCUT2D eigenvalue weighted by atomic mass is 16.6. The van der Waals surface area contributed by atoms with E-state index in [4.69, 9.17) is 14.2 Å². The summed E-state index contributed by atoms with van der Waals surface area (Å²) in [5.74, 6) is 0.0114. The molecule has 3 amide bonds. The highest BCUT2D eigenvalue weighted by Crippen LogP contribution is 2.32. The van der Waals surface area contributed by atoms with Crippen molar-refractivity contribution < 1.29 is 38.2 Å². The number of imide groups is 1. The van der Waals surface area contributed by atoms with E-state index >= 15 is 0 Å². The number of carbonyl (C=O) groups excluding carboxylic acids is 5. The second-order valence-corrected chi connectivity index (χ2v) is 12.1. The zero-order chi connectivity index (χ0) is 27.2. The van der Waals surface area contributed by atoms with E-state index in [1.165, 1.54) is 0 Å². The molecule has 0 bridgehead atoms. The molecule has 10 nitrogen and oxygen atoms in total. The van der Waals surface area contributed by atoms with Gasteiger partial charge in [-0.05, 0) is 88.0 Å². The maximum absolute atomic E-state index is 12.2. The van der Waals surface area contributed by atoms with Crippen LogP contribution in [0.15, 0.2) is 0 Å². The van der Waals surface area contributed by atoms with Crippen molar-refractivity contribution >= 4 is 30.9 Å². The number of amides is 3. The molecule has 2 saturated carbocycles. The molecule has 0 aliphatic heterocycles. The first-order valence-corrected chi connectivity index (χ1v) is 12.0. The molecule has 0 unspecified atom stereocenters. The van der Waals surface area contributed by atoms with Crippen molar-refractivity contribution in [3.05, 3.63) is 0 Å². The summed E-state index contributed by atoms with van der Waals surface area (Å²) in [7, 11) is 0. The Morgan fingerprint density at radius 2 is 1.06 bits per heavy atom. The van der Waals surface area contributed by atoms with Crippen LogP contribution in [0, 0.1) is 11.8 Å². The van der Waals surface area contributed by atoms with Crippen LogP contribution in [0.2, 0.25) is 0 Å². The van der Waals surface area contributed by atoms with E-state index in [2.05, 4.69) is 5.32 Å². The Kier molecular flexibility index (Phi) is 12.1. The number of rotatable bonds is 4. The fourth-order valence-corrected chi connectivity index (χ4v) is 3.31. The van der Waals surface area contributed by atoms with Crippen molar-refractivity contribution in [2.45, 2.75) is 124 Å². The Balaban J connectivity index is 0.000000713. The standard InChI is InChI=1S/C15H25NO5.C10H17NO3.CH4/c1-14(2,3)20-12(18)16(11-7-10(8-11)9-17)13(19)21-15(4,5)6;1-10(2,3)14-9(13)11-8-4-7(5-8)6-12;/h9-11H,7-8H2,1-6H3;6-8H,4-5H2,1-3H3,(H,11,13);1H4. The average Bonchev–Trinajstić information content (AvgIpc) is 2.55. The largest absolute Gasteiger partial charge is 0.444 e. The van der Waals surface area contributed by atoms with Crippen molar-refractivity contribution in [2.75, 3.05) is 0 Å². The number of nitrogens with zero attached hydrogens (tertiary/aromatic N) is 1. The number of hydrogen-bond donors (Lipinski definition) is 1. The van der Waals surface area contributed by atoms with Gasteiger partial charge in [0.2, 0.25) is 0 Å². The smallest absolute Gasteiger partial charge is 0.420 e. The van der Waals surface area contributed by atoms with Crippen LogP contribution in [0.5, 0.6) is 0 Å². The third kappa shape index (κ3) is 12.4. The minimum Gasteiger partial charge on any atom is -0.444 e. The Morgan fingerprint density at radius 1 is 0.694 bits per heavy atom. The van der Waals surface area contributed by atoms with Crippen LogP contribution in [-0.2, 0) is 23.8 Å². The lowest BCUT2D eigenvalue weighted by Crippen LogP contribution is -2.53. The van der Waals surface area contributed by atoms with Crippen LogP contribution in [-0.4, -0.2) is 64.6 Å². The SMILES string of the molecule is C.CC(C)(C)OC(=O)N(C(=O)OC(C)(C)C)C1CC(C=O)C1.CC(C)(C)OC(=O)NC1CC(C=O)C1. The predicted molar refractivity (Wildman–Crippen MR) is 136 cm³/mol. The number of aldehydes is 2. The third-order valence-electron chi connectivity index (χ3n) is 4.98. The molecular formula is C26H46N2O8. The first kappa shape index (κ1) is 33.4. The van der Waals surface area contributed by atoms with Gasteiger partial charge in [0.15, 0.2) is 0 Å². The van der Waals surface area contributed by atoms with E-state index in [1.54, 1.807) is 41.5 Å². The Labute approximate surface area is 215 Å². The van der Waals surface area contributed by atoms with Crippen LogP contribution in [0.25, 0.3) is 0 Å². The summed E-state index contributed by atoms with van der Waals surface area (Å²) < 4.78 is 15.6. The van der Waals surface area contributed by atoms with Gasteiger partial charge in [-0.25, -0.2) is 19.3 Å². The molecule has 10 heteroatoms. The van der Waals surface area contributed by atoms with Crippen LogP contribution in [0.3, 0.4) is 0 Å². The minimum atomic E-state index is -0.730. The van der Waals surface area contributed by atoms with Crippen molar-refractivity contribution in [2.24, 2.45) is 11.8 Å². The van der Waals surface area contributed by atoms with E-state index in [1.807, 2.05) is 20.8 Å². The number of nitrogens with one attached hydrogen (secondary N) is 1. The summed E-state index contributed by atoms with van der Waals surface area (Å²) in [4.78, 5) is 57.7. The van der Waals surface area contributed by atoms with Crippen molar-refractivity contribution in [1.29, 1.82) is 0 Å². The van der Waals surface area contributed by atoms with Crippen LogP contribution < -0.4 is 5.32 Å². The maximum atomic E-state index is 12.2. The summed E-state index contributed by atoms with van der Waals surface area (Å²) >= 11 is 0. The number of ether oxygens (including phenoxy) is 3. The highest BCUT2D eigenvalue weighted by Gasteiger charge is 2.43. The zero-order valence-corrected chi connectivity index (χ0v) is 22.5. The molecule has 2 rings (SSSR count). The summed E-state index contributed by atoms with van der Waals surface area (Å²) in [5.41, 5.74) is -1.87. The predicted octanol–water partition coefficient (Wildman–Crippen LogP) is 5.26. The van der Waals surface area contributed by atoms with Gasteiger partial charge in [0.05, 0.1) is 0 Å². The molecular weight excluding hydrogens is 468 g/mol. The van der Waals surface area contributed by atoms with E-state index < -0.39 is 35.1 Å². The van der Waals surface area contributed by atoms with Gasteiger partial charge in [0, 0.05) is 23.9 Å². The second-order valence-electron chi connectivity index (χ2n) is 12.1. The van der Waals surface area contributed by atoms with E-state index in [9.17, 15) is 24.0 Å². The van der Waals surface area contributed by atoms with Gasteiger partial charge in [0.1, 0.15) is 29.4 Å². The fourth-order valence-electron chi connectivity index (χ4n) is 3.31. The van der Waals surface area contributed by atoms with E-state index in [0.29, 0.717) is 12.8 Å². The Morgan fingerprint density at radius 3 is 1.39 bits per heavy atom. The molecule has 0 aromatic rings. The fraction of sp³-hybridized carbons (Fsp3) is 0.808. The molecule has 0 aromatic heterocycles. The molecule has 2 fully saturated rings. The summed E-state index contributed by atoms with van der Waals surface area (Å²) in [6.07, 6.45) is 2.32. The molecule has 0 atom stereocenters. The zero-order valence-electron chi connectivity index (χ0n) is 22.5. The monoisotopic (exact) mass is 514 g/mol. The molecule has 36 heavy (non-hydrogen) atoms. The average molecular weight is 515 g/mol. The molecule has 208 valence electrons. The van der Waals surface area contributed by atoms with Gasteiger partial charge in [0.25, 0.3) is 0 Å². The molecule has 0 aromatic carbocycles. The van der Waals surface area contributed by atoms with Crippen molar-refractivity contribution in [1.82, 2.24) is 10.2 Å². The maximum Gasteiger partial charge on any atom is 0.420 e. The second kappa shape index (κ2) is 13.1. The van der Waals surface area contributed by atoms with Gasteiger partial charge in [-0.2, -0.15) is 0 Å². The first-order valence-electron chi connectivity index (χ1n) is 12.0. The van der Waals surface area contributed by atoms with Crippen LogP contribution in [0.1, 0.15) is 95.4 Å². The number of carbonyl (C=O) groups is 5. The molecule has 0 heterocycles. The van der Waals surface area contributed by atoms with Crippen molar-refractivity contribution in [3.63, 3.8) is 0 Å². The summed E-state index contributed by atoms with van der Waals surface area (Å²) in [5, 5.41) is 2.72. The summed E-state index contributed by atoms with van der Waals surface area (Å²) in [6.45, 7) is 15.8. The lowest BCUT2D eigenvalue weighted by atomic mass is 9.80. The lowest BCUT2D eigenvalue weighted by Gasteiger charge is -2.40. The number of hydrogen-bond acceptors (Lipinski definition) is 8. The van der Waals surface area contributed by atoms with Gasteiger partial charge < -0.3 is 29.1 Å². The summed E-state index contributed by atoms with van der Waals surface area (Å²) in [6, 6.07) is -0.232. The van der Waals surface area contributed by atoms with Gasteiger partial charge in [-0.15, -0.1) is 0 Å². The van der Waals surface area contributed by atoms with Gasteiger partial charge >= 0.3 is 18.3 Å². The van der Waals surface area contributed by atoms with E-state index in [0.717, 1.165) is 30.3 Å². The molecule has 2 aliphatic rings. The van der Waals surface area contributed by atoms with Crippen molar-refractivity contribution in [3.8, 4) is 0 Å². The van der Waals surface area contributed by atoms with Crippen LogP contribution in [0.4, 0.5) is 14.4 Å².